The highest BCUT2D eigenvalue weighted by atomic mass is 16.6. The van der Waals surface area contributed by atoms with Gasteiger partial charge in [-0.1, -0.05) is 96.0 Å². The lowest BCUT2D eigenvalue weighted by Crippen LogP contribution is -2.37. The van der Waals surface area contributed by atoms with E-state index in [0.717, 1.165) is 120 Å². The number of carbonyl (C=O) groups excluding carboxylic acids is 7. The fourth-order valence-electron chi connectivity index (χ4n) is 30.4. The van der Waals surface area contributed by atoms with Crippen LogP contribution in [0.3, 0.4) is 0 Å². The number of rotatable bonds is 23. The lowest BCUT2D eigenvalue weighted by Gasteiger charge is -2.38. The highest BCUT2D eigenvalue weighted by molar-refractivity contribution is 5.83. The molecule has 0 aromatic carbocycles. The normalized spacial score (nSPS) is 36.5. The Morgan fingerprint density at radius 2 is 0.496 bits per heavy atom. The van der Waals surface area contributed by atoms with Crippen molar-refractivity contribution in [3.05, 3.63) is 113 Å². The van der Waals surface area contributed by atoms with Crippen molar-refractivity contribution in [3.8, 4) is 0 Å². The molecular weight excluding hydrogens is 1650 g/mol. The summed E-state index contributed by atoms with van der Waals surface area (Å²) in [6, 6.07) is 0. The summed E-state index contributed by atoms with van der Waals surface area (Å²) < 4.78 is 60.0. The minimum absolute atomic E-state index is 0.214. The van der Waals surface area contributed by atoms with Crippen LogP contribution in [0.5, 0.6) is 0 Å². The zero-order valence-corrected chi connectivity index (χ0v) is 82.1. The van der Waals surface area contributed by atoms with Crippen LogP contribution in [0, 0.1) is 178 Å². The first kappa shape index (κ1) is 108. The van der Waals surface area contributed by atoms with Crippen LogP contribution in [0.1, 0.15) is 238 Å². The molecule has 20 heteroatoms. The van der Waals surface area contributed by atoms with Gasteiger partial charge in [0.05, 0.1) is 53.9 Å². The van der Waals surface area contributed by atoms with Crippen molar-refractivity contribution in [2.45, 2.75) is 244 Å². The summed E-state index contributed by atoms with van der Waals surface area (Å²) in [7, 11) is 12.1. The number of esters is 7. The number of hydrogen-bond acceptors (Lipinski definition) is 20. The molecule has 31 atom stereocenters. The number of methoxy groups -OCH3 is 7. The van der Waals surface area contributed by atoms with Crippen LogP contribution in [0.25, 0.3) is 0 Å². The molecule has 16 bridgehead atoms. The Bertz CT molecular complexity index is 3230. The molecule has 0 N–H and O–H groups in total. The van der Waals surface area contributed by atoms with Crippen molar-refractivity contribution in [3.63, 3.8) is 0 Å². The molecule has 22 aliphatic carbocycles. The summed E-state index contributed by atoms with van der Waals surface area (Å²) in [5, 5.41) is 0. The molecule has 22 aliphatic rings. The third-order valence-corrected chi connectivity index (χ3v) is 35.3. The topological polar surface area (TPSA) is 239 Å². The van der Waals surface area contributed by atoms with Crippen molar-refractivity contribution in [1.82, 2.24) is 0 Å². The molecule has 0 aromatic heterocycles. The van der Waals surface area contributed by atoms with E-state index < -0.39 is 35.8 Å². The Balaban J connectivity index is 0.000000161. The fourth-order valence-corrected chi connectivity index (χ4v) is 30.4. The predicted molar refractivity (Wildman–Crippen MR) is 514 cm³/mol. The number of hydrogen-bond donors (Lipinski definition) is 0. The standard InChI is InChI=1S/C15H20O2.4C10H16.2C10H14.C8H14O4.3C6H10O3.2C4H6O2.C2H6O/c1-2-13(16)17-12-7-10-6-11(12)15-9-4-3-8(5-9)14(10)15;6*1-2-9-7-4-5-8(6-7)10(9)3-1;1-3-8(9)12-7-6-11-5-4-10-2;3*1-3-6(7)9-5-4-8-2;2*1-3-4(5)6-2;1-3-2/h2,8-12,14-15H,1,3-7H2;4*7-10H,1-6H2;2*1-2,7-10H,3-6H2;3H,1,4-7H2,2H3;3*3H,1,4-5H2,2H3;2*3H,1H2,2H3;1-2H3. The second kappa shape index (κ2) is 58.3. The largest absolute Gasteiger partial charge is 0.466 e. The van der Waals surface area contributed by atoms with Gasteiger partial charge in [0.1, 0.15) is 32.5 Å². The molecule has 0 spiro atoms. The molecule has 0 radical (unpaired) electrons. The molecule has 22 rings (SSSR count). The predicted octanol–water partition coefficient (Wildman–Crippen LogP) is 21.8. The van der Waals surface area contributed by atoms with E-state index in [1.165, 1.54) is 166 Å². The summed E-state index contributed by atoms with van der Waals surface area (Å²) in [5.41, 5.74) is 0. The van der Waals surface area contributed by atoms with E-state index in [1.807, 2.05) is 0 Å². The second-order valence-electron chi connectivity index (χ2n) is 41.3. The first-order valence-electron chi connectivity index (χ1n) is 51.4. The maximum Gasteiger partial charge on any atom is 0.330 e. The van der Waals surface area contributed by atoms with Crippen LogP contribution >= 0.6 is 0 Å². The number of ether oxygens (including phenoxy) is 13. The van der Waals surface area contributed by atoms with E-state index in [9.17, 15) is 33.6 Å². The molecule has 0 aliphatic heterocycles. The first-order chi connectivity index (χ1) is 63.7. The van der Waals surface area contributed by atoms with Gasteiger partial charge in [-0.3, -0.25) is 0 Å². The van der Waals surface area contributed by atoms with Gasteiger partial charge in [-0.25, -0.2) is 33.6 Å². The van der Waals surface area contributed by atoms with E-state index in [-0.39, 0.29) is 18.7 Å². The van der Waals surface area contributed by atoms with Gasteiger partial charge in [0, 0.05) is 85.2 Å². The van der Waals surface area contributed by atoms with Gasteiger partial charge in [0.25, 0.3) is 0 Å². The van der Waals surface area contributed by atoms with E-state index >= 15 is 0 Å². The van der Waals surface area contributed by atoms with Gasteiger partial charge < -0.3 is 61.6 Å². The number of carbonyl (C=O) groups is 7. The molecule has 31 unspecified atom stereocenters. The van der Waals surface area contributed by atoms with Gasteiger partial charge in [-0.05, 0) is 389 Å². The van der Waals surface area contributed by atoms with Gasteiger partial charge in [0.15, 0.2) is 0 Å². The van der Waals surface area contributed by atoms with Crippen molar-refractivity contribution in [1.29, 1.82) is 0 Å². The lowest BCUT2D eigenvalue weighted by atomic mass is 9.70. The lowest BCUT2D eigenvalue weighted by molar-refractivity contribution is -0.148. The zero-order valence-electron chi connectivity index (χ0n) is 82.1. The molecule has 738 valence electrons. The molecule has 20 saturated carbocycles. The number of allylic oxidation sites excluding steroid dienone is 4. The SMILES string of the molecule is C1=CC2C3CCC(C3)C2C1.C1=CC2C3CCC(C3)C2C1.C1CC2C3CCC(C3)C2C1.C1CC2C3CCC(C3)C2C1.C1CC2C3CCC(C3)C2C1.C1CC2C3CCC(C3)C2C1.C=CC(=O)OC.C=CC(=O)OC.C=CC(=O)OC1CC2CC1C1C3CCC(C3)C21.C=CC(=O)OCCOC.C=CC(=O)OCCOC.C=CC(=O)OCCOC.C=CC(=O)OCCOCCOC.COC. The summed E-state index contributed by atoms with van der Waals surface area (Å²) in [4.78, 5) is 72.4. The van der Waals surface area contributed by atoms with E-state index in [2.05, 4.69) is 118 Å². The monoisotopic (exact) mass is 1830 g/mol. The molecule has 20 fully saturated rings. The van der Waals surface area contributed by atoms with Crippen molar-refractivity contribution in [2.24, 2.45) is 178 Å². The van der Waals surface area contributed by atoms with Crippen LogP contribution in [-0.4, -0.2) is 171 Å². The molecule has 131 heavy (non-hydrogen) atoms. The van der Waals surface area contributed by atoms with Crippen molar-refractivity contribution in [2.75, 3.05) is 123 Å². The number of fused-ring (bicyclic) bond motifs is 39. The Hall–Kier alpha value is -6.29. The van der Waals surface area contributed by atoms with E-state index in [1.54, 1.807) is 222 Å². The maximum absolute atomic E-state index is 11.4. The first-order valence-corrected chi connectivity index (χ1v) is 51.4. The summed E-state index contributed by atoms with van der Waals surface area (Å²) >= 11 is 0. The minimum Gasteiger partial charge on any atom is -0.466 e. The third kappa shape index (κ3) is 31.4. The molecular formula is C111H174O20. The van der Waals surface area contributed by atoms with E-state index in [4.69, 9.17) is 14.2 Å². The third-order valence-electron chi connectivity index (χ3n) is 35.3. The molecule has 0 heterocycles. The van der Waals surface area contributed by atoms with Gasteiger partial charge in [-0.15, -0.1) is 0 Å². The molecule has 0 amide bonds. The molecule has 0 aromatic rings. The molecule has 20 nitrogen and oxygen atoms in total. The summed E-state index contributed by atoms with van der Waals surface area (Å²) in [6.07, 6.45) is 75.2. The molecule has 0 saturated heterocycles. The minimum atomic E-state index is -0.426. The Morgan fingerprint density at radius 3 is 0.771 bits per heavy atom. The quantitative estimate of drug-likeness (QED) is 0.0231. The van der Waals surface area contributed by atoms with Crippen LogP contribution < -0.4 is 0 Å². The Morgan fingerprint density at radius 1 is 0.252 bits per heavy atom. The van der Waals surface area contributed by atoms with Crippen LogP contribution in [0.4, 0.5) is 0 Å². The Kier molecular flexibility index (Phi) is 48.3. The smallest absolute Gasteiger partial charge is 0.330 e. The van der Waals surface area contributed by atoms with Gasteiger partial charge in [0.2, 0.25) is 0 Å². The van der Waals surface area contributed by atoms with Crippen LogP contribution in [0.2, 0.25) is 0 Å². The average Bonchev–Trinajstić information content (AvgIpc) is 1.55. The van der Waals surface area contributed by atoms with Gasteiger partial charge in [-0.2, -0.15) is 0 Å². The maximum atomic E-state index is 11.4. The average molecular weight is 1830 g/mol. The van der Waals surface area contributed by atoms with Crippen LogP contribution in [-0.2, 0) is 95.1 Å². The summed E-state index contributed by atoms with van der Waals surface area (Å²) in [5.74, 6) is 30.7. The fraction of sp³-hybridized carbons (Fsp3) is 0.775. The highest BCUT2D eigenvalue weighted by Gasteiger charge is 2.63. The van der Waals surface area contributed by atoms with Crippen molar-refractivity contribution < 1.29 is 95.1 Å². The van der Waals surface area contributed by atoms with Gasteiger partial charge >= 0.3 is 41.8 Å². The summed E-state index contributed by atoms with van der Waals surface area (Å²) in [6.45, 7) is 26.6. The van der Waals surface area contributed by atoms with Crippen molar-refractivity contribution >= 4 is 41.8 Å². The second-order valence-corrected chi connectivity index (χ2v) is 41.3. The zero-order chi connectivity index (χ0) is 94.1. The Labute approximate surface area is 789 Å². The van der Waals surface area contributed by atoms with Crippen LogP contribution in [0.15, 0.2) is 113 Å². The van der Waals surface area contributed by atoms with E-state index in [0.29, 0.717) is 65.4 Å². The highest BCUT2D eigenvalue weighted by Crippen LogP contribution is 2.69.